The minimum absolute atomic E-state index is 0.229. The average Bonchev–Trinajstić information content (AvgIpc) is 2.66. The highest BCUT2D eigenvalue weighted by Gasteiger charge is 2.27. The quantitative estimate of drug-likeness (QED) is 0.679. The topological polar surface area (TPSA) is 49.7 Å². The fourth-order valence-corrected chi connectivity index (χ4v) is 3.64. The number of phenolic OH excluding ortho intramolecular Hbond substituents is 2. The Morgan fingerprint density at radius 3 is 2.31 bits per heavy atom. The van der Waals surface area contributed by atoms with Gasteiger partial charge in [0.1, 0.15) is 17.2 Å². The Labute approximate surface area is 153 Å². The number of hydrogen-bond acceptors (Lipinski definition) is 3. The van der Waals surface area contributed by atoms with Crippen LogP contribution in [0.5, 0.6) is 17.2 Å². The van der Waals surface area contributed by atoms with E-state index in [1.165, 1.54) is 11.1 Å². The van der Waals surface area contributed by atoms with Gasteiger partial charge in [-0.15, -0.1) is 0 Å². The molecule has 0 amide bonds. The van der Waals surface area contributed by atoms with Crippen molar-refractivity contribution >= 4 is 0 Å². The van der Waals surface area contributed by atoms with Gasteiger partial charge in [0.15, 0.2) is 0 Å². The second-order valence-corrected chi connectivity index (χ2v) is 7.05. The third kappa shape index (κ3) is 2.90. The third-order valence-corrected chi connectivity index (χ3v) is 5.21. The summed E-state index contributed by atoms with van der Waals surface area (Å²) in [5.74, 6) is 1.53. The first kappa shape index (κ1) is 16.5. The molecular weight excluding hydrogens is 324 g/mol. The largest absolute Gasteiger partial charge is 0.508 e. The minimum atomic E-state index is 0.229. The first-order valence-electron chi connectivity index (χ1n) is 8.87. The van der Waals surface area contributed by atoms with Crippen molar-refractivity contribution in [2.24, 2.45) is 0 Å². The van der Waals surface area contributed by atoms with E-state index in [4.69, 9.17) is 4.74 Å². The van der Waals surface area contributed by atoms with Crippen LogP contribution in [-0.2, 0) is 6.42 Å². The molecule has 2 N–H and O–H groups in total. The zero-order valence-corrected chi connectivity index (χ0v) is 15.0. The van der Waals surface area contributed by atoms with Crippen molar-refractivity contribution in [2.45, 2.75) is 26.2 Å². The number of hydrogen-bond donors (Lipinski definition) is 2. The van der Waals surface area contributed by atoms with E-state index in [0.29, 0.717) is 6.61 Å². The summed E-state index contributed by atoms with van der Waals surface area (Å²) >= 11 is 0. The Balaban J connectivity index is 1.79. The van der Waals surface area contributed by atoms with Crippen molar-refractivity contribution in [1.82, 2.24) is 0 Å². The summed E-state index contributed by atoms with van der Waals surface area (Å²) < 4.78 is 6.11. The molecule has 0 bridgehead atoms. The second-order valence-electron chi connectivity index (χ2n) is 7.05. The standard InChI is InChI=1S/C23H22O3/c1-14-3-5-16(6-4-14)18-11-21-20(17-7-9-19(24)10-8-17)12-22(25)15(2)23(21)26-13-18/h3-10,12,18,24-25H,11,13H2,1-2H3. The average molecular weight is 346 g/mol. The van der Waals surface area contributed by atoms with E-state index < -0.39 is 0 Å². The Kier molecular flexibility index (Phi) is 4.08. The lowest BCUT2D eigenvalue weighted by atomic mass is 9.85. The molecule has 0 spiro atoms. The van der Waals surface area contributed by atoms with Crippen LogP contribution >= 0.6 is 0 Å². The predicted molar refractivity (Wildman–Crippen MR) is 103 cm³/mol. The van der Waals surface area contributed by atoms with Crippen molar-refractivity contribution in [3.8, 4) is 28.4 Å². The van der Waals surface area contributed by atoms with Crippen LogP contribution in [0.25, 0.3) is 11.1 Å². The summed E-state index contributed by atoms with van der Waals surface area (Å²) in [4.78, 5) is 0. The molecule has 3 aromatic rings. The molecule has 0 aliphatic carbocycles. The Morgan fingerprint density at radius 1 is 0.923 bits per heavy atom. The maximum atomic E-state index is 10.4. The SMILES string of the molecule is Cc1ccc(C2COc3c(C)c(O)cc(-c4ccc(O)cc4)c3C2)cc1. The van der Waals surface area contributed by atoms with Crippen LogP contribution < -0.4 is 4.74 Å². The fourth-order valence-electron chi connectivity index (χ4n) is 3.64. The number of ether oxygens (including phenoxy) is 1. The maximum Gasteiger partial charge on any atom is 0.129 e. The Hall–Kier alpha value is -2.94. The molecule has 1 aliphatic heterocycles. The molecule has 1 atom stereocenters. The highest BCUT2D eigenvalue weighted by Crippen LogP contribution is 2.44. The van der Waals surface area contributed by atoms with E-state index in [-0.39, 0.29) is 17.4 Å². The third-order valence-electron chi connectivity index (χ3n) is 5.21. The van der Waals surface area contributed by atoms with Crippen LogP contribution in [0.4, 0.5) is 0 Å². The van der Waals surface area contributed by atoms with E-state index in [1.807, 2.05) is 19.1 Å². The van der Waals surface area contributed by atoms with Crippen molar-refractivity contribution < 1.29 is 14.9 Å². The summed E-state index contributed by atoms with van der Waals surface area (Å²) in [5.41, 5.74) is 6.33. The molecule has 0 saturated carbocycles. The fraction of sp³-hybridized carbons (Fsp3) is 0.217. The zero-order chi connectivity index (χ0) is 18.3. The molecule has 1 unspecified atom stereocenters. The first-order valence-corrected chi connectivity index (χ1v) is 8.87. The summed E-state index contributed by atoms with van der Waals surface area (Å²) in [6.07, 6.45) is 0.857. The normalized spacial score (nSPS) is 16.0. The van der Waals surface area contributed by atoms with Gasteiger partial charge in [-0.2, -0.15) is 0 Å². The number of rotatable bonds is 2. The Bertz CT molecular complexity index is 941. The summed E-state index contributed by atoms with van der Waals surface area (Å²) in [7, 11) is 0. The molecule has 0 radical (unpaired) electrons. The van der Waals surface area contributed by atoms with E-state index in [9.17, 15) is 10.2 Å². The lowest BCUT2D eigenvalue weighted by molar-refractivity contribution is 0.259. The van der Waals surface area contributed by atoms with Crippen molar-refractivity contribution in [3.63, 3.8) is 0 Å². The molecule has 3 aromatic carbocycles. The van der Waals surface area contributed by atoms with Crippen molar-refractivity contribution in [1.29, 1.82) is 0 Å². The zero-order valence-electron chi connectivity index (χ0n) is 15.0. The smallest absolute Gasteiger partial charge is 0.129 e. The molecule has 3 nitrogen and oxygen atoms in total. The van der Waals surface area contributed by atoms with Crippen LogP contribution in [0.2, 0.25) is 0 Å². The molecule has 0 fully saturated rings. The summed E-state index contributed by atoms with van der Waals surface area (Å²) in [6, 6.07) is 17.5. The van der Waals surface area contributed by atoms with Crippen LogP contribution in [0.15, 0.2) is 54.6 Å². The van der Waals surface area contributed by atoms with Gasteiger partial charge in [0.25, 0.3) is 0 Å². The van der Waals surface area contributed by atoms with Crippen LogP contribution in [0.1, 0.15) is 28.2 Å². The van der Waals surface area contributed by atoms with E-state index in [2.05, 4.69) is 31.2 Å². The van der Waals surface area contributed by atoms with Gasteiger partial charge < -0.3 is 14.9 Å². The molecule has 0 aromatic heterocycles. The maximum absolute atomic E-state index is 10.4. The molecule has 26 heavy (non-hydrogen) atoms. The van der Waals surface area contributed by atoms with Gasteiger partial charge in [0.05, 0.1) is 6.61 Å². The van der Waals surface area contributed by atoms with E-state index in [1.54, 1.807) is 18.2 Å². The number of aryl methyl sites for hydroxylation is 1. The molecular formula is C23H22O3. The van der Waals surface area contributed by atoms with Crippen LogP contribution in [0.3, 0.4) is 0 Å². The monoisotopic (exact) mass is 346 g/mol. The van der Waals surface area contributed by atoms with Gasteiger partial charge in [-0.25, -0.2) is 0 Å². The number of aromatic hydroxyl groups is 2. The molecule has 132 valence electrons. The van der Waals surface area contributed by atoms with Crippen molar-refractivity contribution in [2.75, 3.05) is 6.61 Å². The second kappa shape index (κ2) is 6.41. The highest BCUT2D eigenvalue weighted by molar-refractivity contribution is 5.75. The molecule has 1 aliphatic rings. The molecule has 0 saturated heterocycles. The predicted octanol–water partition coefficient (Wildman–Crippen LogP) is 5.10. The lowest BCUT2D eigenvalue weighted by Gasteiger charge is -2.29. The highest BCUT2D eigenvalue weighted by atomic mass is 16.5. The van der Waals surface area contributed by atoms with E-state index >= 15 is 0 Å². The Morgan fingerprint density at radius 2 is 1.62 bits per heavy atom. The number of fused-ring (bicyclic) bond motifs is 1. The van der Waals surface area contributed by atoms with Gasteiger partial charge in [-0.05, 0) is 55.2 Å². The van der Waals surface area contributed by atoms with Gasteiger partial charge in [0, 0.05) is 17.0 Å². The van der Waals surface area contributed by atoms with Crippen molar-refractivity contribution in [3.05, 3.63) is 76.9 Å². The van der Waals surface area contributed by atoms with Gasteiger partial charge >= 0.3 is 0 Å². The lowest BCUT2D eigenvalue weighted by Crippen LogP contribution is -2.20. The van der Waals surface area contributed by atoms with Crippen LogP contribution in [-0.4, -0.2) is 16.8 Å². The van der Waals surface area contributed by atoms with Gasteiger partial charge in [-0.1, -0.05) is 42.0 Å². The number of phenols is 2. The molecule has 4 rings (SSSR count). The molecule has 3 heteroatoms. The number of benzene rings is 3. The van der Waals surface area contributed by atoms with Crippen LogP contribution in [0, 0.1) is 13.8 Å². The summed E-state index contributed by atoms with van der Waals surface area (Å²) in [5, 5.41) is 19.9. The minimum Gasteiger partial charge on any atom is -0.508 e. The summed E-state index contributed by atoms with van der Waals surface area (Å²) in [6.45, 7) is 4.59. The molecule has 1 heterocycles. The van der Waals surface area contributed by atoms with Gasteiger partial charge in [0.2, 0.25) is 0 Å². The van der Waals surface area contributed by atoms with E-state index in [0.717, 1.165) is 34.4 Å². The first-order chi connectivity index (χ1) is 12.5. The van der Waals surface area contributed by atoms with Gasteiger partial charge in [-0.3, -0.25) is 0 Å².